The average molecular weight is 274 g/mol. The fraction of sp³-hybridized carbons (Fsp3) is 0.214. The van der Waals surface area contributed by atoms with E-state index in [1.165, 1.54) is 12.3 Å². The molecule has 1 aromatic heterocycles. The molecule has 104 valence electrons. The Labute approximate surface area is 115 Å². The van der Waals surface area contributed by atoms with Crippen molar-refractivity contribution in [2.45, 2.75) is 20.0 Å². The Morgan fingerprint density at radius 1 is 1.35 bits per heavy atom. The number of aryl methyl sites for hydroxylation is 1. The lowest BCUT2D eigenvalue weighted by atomic mass is 10.2. The molecule has 0 saturated heterocycles. The summed E-state index contributed by atoms with van der Waals surface area (Å²) < 4.78 is 5.45. The summed E-state index contributed by atoms with van der Waals surface area (Å²) >= 11 is 0. The molecule has 0 amide bonds. The smallest absolute Gasteiger partial charge is 0.311 e. The van der Waals surface area contributed by atoms with Crippen molar-refractivity contribution in [2.75, 3.05) is 0 Å². The standard InChI is InChI=1S/C14H14N2O4/c1-9-3-5-12(16(18)19)13(7-9)20-14-6-4-11(8-15-14)10(2)17/h3-8,10,17H,1-2H3/t10-/m1/s1. The van der Waals surface area contributed by atoms with Gasteiger partial charge in [-0.05, 0) is 37.1 Å². The molecule has 0 unspecified atom stereocenters. The Bertz CT molecular complexity index is 624. The molecular weight excluding hydrogens is 260 g/mol. The molecule has 0 aliphatic rings. The van der Waals surface area contributed by atoms with Gasteiger partial charge in [0, 0.05) is 18.3 Å². The van der Waals surface area contributed by atoms with Gasteiger partial charge in [0.1, 0.15) is 0 Å². The van der Waals surface area contributed by atoms with E-state index in [1.807, 2.05) is 6.92 Å². The lowest BCUT2D eigenvalue weighted by Gasteiger charge is -2.08. The summed E-state index contributed by atoms with van der Waals surface area (Å²) in [6, 6.07) is 7.86. The minimum Gasteiger partial charge on any atom is -0.432 e. The van der Waals surface area contributed by atoms with Crippen molar-refractivity contribution < 1.29 is 14.8 Å². The number of hydrogen-bond donors (Lipinski definition) is 1. The van der Waals surface area contributed by atoms with E-state index in [9.17, 15) is 15.2 Å². The molecule has 1 atom stereocenters. The highest BCUT2D eigenvalue weighted by atomic mass is 16.6. The molecule has 1 aromatic carbocycles. The first-order chi connectivity index (χ1) is 9.47. The van der Waals surface area contributed by atoms with Gasteiger partial charge in [0.15, 0.2) is 0 Å². The Hall–Kier alpha value is -2.47. The van der Waals surface area contributed by atoms with E-state index in [-0.39, 0.29) is 17.3 Å². The third kappa shape index (κ3) is 3.10. The molecule has 20 heavy (non-hydrogen) atoms. The first-order valence-corrected chi connectivity index (χ1v) is 6.04. The van der Waals surface area contributed by atoms with Crippen LogP contribution < -0.4 is 4.74 Å². The number of ether oxygens (including phenoxy) is 1. The second kappa shape index (κ2) is 5.66. The Balaban J connectivity index is 2.29. The van der Waals surface area contributed by atoms with E-state index in [0.717, 1.165) is 5.56 Å². The summed E-state index contributed by atoms with van der Waals surface area (Å²) in [5.41, 5.74) is 1.39. The molecule has 2 aromatic rings. The molecule has 0 radical (unpaired) electrons. The van der Waals surface area contributed by atoms with Crippen LogP contribution in [0.3, 0.4) is 0 Å². The topological polar surface area (TPSA) is 85.5 Å². The zero-order valence-corrected chi connectivity index (χ0v) is 11.1. The second-order valence-electron chi connectivity index (χ2n) is 4.44. The van der Waals surface area contributed by atoms with Gasteiger partial charge in [0.2, 0.25) is 11.6 Å². The summed E-state index contributed by atoms with van der Waals surface area (Å²) in [7, 11) is 0. The summed E-state index contributed by atoms with van der Waals surface area (Å²) in [4.78, 5) is 14.5. The van der Waals surface area contributed by atoms with Crippen molar-refractivity contribution in [3.63, 3.8) is 0 Å². The maximum absolute atomic E-state index is 10.9. The number of hydrogen-bond acceptors (Lipinski definition) is 5. The van der Waals surface area contributed by atoms with Gasteiger partial charge in [-0.3, -0.25) is 10.1 Å². The van der Waals surface area contributed by atoms with Crippen molar-refractivity contribution in [3.8, 4) is 11.6 Å². The van der Waals surface area contributed by atoms with Gasteiger partial charge in [-0.1, -0.05) is 6.07 Å². The highest BCUT2D eigenvalue weighted by Gasteiger charge is 2.16. The van der Waals surface area contributed by atoms with E-state index in [0.29, 0.717) is 5.56 Å². The number of nitro groups is 1. The number of pyridine rings is 1. The first kappa shape index (κ1) is 14.0. The molecule has 0 aliphatic carbocycles. The summed E-state index contributed by atoms with van der Waals surface area (Å²) in [5.74, 6) is 0.385. The predicted molar refractivity (Wildman–Crippen MR) is 72.8 cm³/mol. The highest BCUT2D eigenvalue weighted by Crippen LogP contribution is 2.31. The van der Waals surface area contributed by atoms with Crippen LogP contribution in [0.1, 0.15) is 24.2 Å². The number of nitro benzene ring substituents is 1. The summed E-state index contributed by atoms with van der Waals surface area (Å²) in [5, 5.41) is 20.3. The van der Waals surface area contributed by atoms with Crippen molar-refractivity contribution >= 4 is 5.69 Å². The third-order valence-electron chi connectivity index (χ3n) is 2.77. The minimum atomic E-state index is -0.621. The van der Waals surface area contributed by atoms with E-state index < -0.39 is 11.0 Å². The van der Waals surface area contributed by atoms with Crippen LogP contribution in [0, 0.1) is 17.0 Å². The minimum absolute atomic E-state index is 0.114. The number of nitrogens with zero attached hydrogens (tertiary/aromatic N) is 2. The van der Waals surface area contributed by atoms with E-state index in [2.05, 4.69) is 4.98 Å². The fourth-order valence-electron chi connectivity index (χ4n) is 1.67. The molecule has 0 saturated carbocycles. The van der Waals surface area contributed by atoms with Gasteiger partial charge < -0.3 is 9.84 Å². The second-order valence-corrected chi connectivity index (χ2v) is 4.44. The zero-order chi connectivity index (χ0) is 14.7. The van der Waals surface area contributed by atoms with E-state index >= 15 is 0 Å². The Kier molecular flexibility index (Phi) is 3.95. The molecule has 6 nitrogen and oxygen atoms in total. The SMILES string of the molecule is Cc1ccc([N+](=O)[O-])c(Oc2ccc([C@@H](C)O)cn2)c1. The van der Waals surface area contributed by atoms with Crippen LogP contribution in [0.5, 0.6) is 11.6 Å². The molecule has 0 bridgehead atoms. The maximum atomic E-state index is 10.9. The van der Waals surface area contributed by atoms with E-state index in [1.54, 1.807) is 31.2 Å². The third-order valence-corrected chi connectivity index (χ3v) is 2.77. The molecule has 0 fully saturated rings. The normalized spacial score (nSPS) is 11.9. The number of aromatic nitrogens is 1. The largest absolute Gasteiger partial charge is 0.432 e. The van der Waals surface area contributed by atoms with Crippen LogP contribution >= 0.6 is 0 Å². The molecule has 1 heterocycles. The number of rotatable bonds is 4. The van der Waals surface area contributed by atoms with Gasteiger partial charge >= 0.3 is 5.69 Å². The molecule has 1 N–H and O–H groups in total. The van der Waals surface area contributed by atoms with Crippen molar-refractivity contribution in [3.05, 3.63) is 57.8 Å². The van der Waals surface area contributed by atoms with Crippen LogP contribution in [-0.4, -0.2) is 15.0 Å². The monoisotopic (exact) mass is 274 g/mol. The van der Waals surface area contributed by atoms with Gasteiger partial charge in [0.25, 0.3) is 0 Å². The highest BCUT2D eigenvalue weighted by molar-refractivity contribution is 5.49. The lowest BCUT2D eigenvalue weighted by Crippen LogP contribution is -1.96. The van der Waals surface area contributed by atoms with Gasteiger partial charge in [0.05, 0.1) is 11.0 Å². The van der Waals surface area contributed by atoms with E-state index in [4.69, 9.17) is 4.74 Å². The Morgan fingerprint density at radius 2 is 2.10 bits per heavy atom. The van der Waals surface area contributed by atoms with Gasteiger partial charge in [-0.15, -0.1) is 0 Å². The fourth-order valence-corrected chi connectivity index (χ4v) is 1.67. The van der Waals surface area contributed by atoms with Crippen molar-refractivity contribution in [1.29, 1.82) is 0 Å². The number of benzene rings is 1. The zero-order valence-electron chi connectivity index (χ0n) is 11.1. The van der Waals surface area contributed by atoms with Crippen LogP contribution in [0.4, 0.5) is 5.69 Å². The van der Waals surface area contributed by atoms with Crippen LogP contribution in [0.25, 0.3) is 0 Å². The van der Waals surface area contributed by atoms with Crippen LogP contribution in [0.15, 0.2) is 36.5 Å². The van der Waals surface area contributed by atoms with Gasteiger partial charge in [-0.2, -0.15) is 0 Å². The van der Waals surface area contributed by atoms with Crippen LogP contribution in [0.2, 0.25) is 0 Å². The quantitative estimate of drug-likeness (QED) is 0.683. The van der Waals surface area contributed by atoms with Crippen molar-refractivity contribution in [2.24, 2.45) is 0 Å². The summed E-state index contributed by atoms with van der Waals surface area (Å²) in [6.45, 7) is 3.45. The lowest BCUT2D eigenvalue weighted by molar-refractivity contribution is -0.385. The molecular formula is C14H14N2O4. The molecule has 0 aliphatic heterocycles. The number of aliphatic hydroxyl groups excluding tert-OH is 1. The molecule has 0 spiro atoms. The maximum Gasteiger partial charge on any atom is 0.311 e. The summed E-state index contributed by atoms with van der Waals surface area (Å²) in [6.07, 6.45) is 0.853. The Morgan fingerprint density at radius 3 is 2.65 bits per heavy atom. The average Bonchev–Trinajstić information content (AvgIpc) is 2.39. The van der Waals surface area contributed by atoms with Crippen LogP contribution in [-0.2, 0) is 0 Å². The molecule has 6 heteroatoms. The predicted octanol–water partition coefficient (Wildman–Crippen LogP) is 3.14. The van der Waals surface area contributed by atoms with Crippen molar-refractivity contribution in [1.82, 2.24) is 4.98 Å². The van der Waals surface area contributed by atoms with Gasteiger partial charge in [-0.25, -0.2) is 4.98 Å². The molecule has 2 rings (SSSR count). The first-order valence-electron chi connectivity index (χ1n) is 6.04. The number of aliphatic hydroxyl groups is 1.